The van der Waals surface area contributed by atoms with E-state index in [1.165, 1.54) is 17.2 Å². The van der Waals surface area contributed by atoms with Crippen molar-refractivity contribution in [1.82, 2.24) is 25.0 Å². The molecule has 8 nitrogen and oxygen atoms in total. The summed E-state index contributed by atoms with van der Waals surface area (Å²) >= 11 is 0. The Kier molecular flexibility index (Phi) is 2.08. The number of nitrogen functional groups attached to an aromatic ring is 1. The van der Waals surface area contributed by atoms with Gasteiger partial charge in [-0.1, -0.05) is 0 Å². The van der Waals surface area contributed by atoms with E-state index >= 15 is 0 Å². The molecule has 0 unspecified atom stereocenters. The maximum absolute atomic E-state index is 11.6. The van der Waals surface area contributed by atoms with Crippen molar-refractivity contribution in [2.24, 2.45) is 7.05 Å². The van der Waals surface area contributed by atoms with Crippen LogP contribution in [0.15, 0.2) is 12.5 Å². The van der Waals surface area contributed by atoms with Crippen molar-refractivity contribution in [2.45, 2.75) is 0 Å². The molecule has 0 radical (unpaired) electrons. The van der Waals surface area contributed by atoms with Crippen LogP contribution in [0.3, 0.4) is 0 Å². The topological polar surface area (TPSA) is 115 Å². The van der Waals surface area contributed by atoms with Crippen LogP contribution in [-0.4, -0.2) is 30.9 Å². The third kappa shape index (κ3) is 1.64. The molecule has 15 heavy (non-hydrogen) atoms. The Hall–Kier alpha value is -2.38. The number of hydrogen-bond donors (Lipinski definition) is 3. The molecule has 2 rings (SSSR count). The van der Waals surface area contributed by atoms with Gasteiger partial charge in [-0.2, -0.15) is 15.2 Å². The molecular formula is C7H9N7O. The lowest BCUT2D eigenvalue weighted by atomic mass is 10.3. The Morgan fingerprint density at radius 3 is 3.00 bits per heavy atom. The molecule has 0 aliphatic carbocycles. The molecule has 0 bridgehead atoms. The maximum atomic E-state index is 11.6. The van der Waals surface area contributed by atoms with Crippen LogP contribution >= 0.6 is 0 Å². The molecule has 0 saturated carbocycles. The number of nitrogens with one attached hydrogen (secondary N) is 2. The molecule has 0 fully saturated rings. The lowest BCUT2D eigenvalue weighted by molar-refractivity contribution is 0.102. The minimum atomic E-state index is -0.402. The second-order valence-electron chi connectivity index (χ2n) is 2.86. The molecule has 2 heterocycles. The molecule has 0 saturated heterocycles. The summed E-state index contributed by atoms with van der Waals surface area (Å²) in [5.41, 5.74) is 6.00. The highest BCUT2D eigenvalue weighted by atomic mass is 16.2. The number of nitrogens with two attached hydrogens (primary N) is 1. The fourth-order valence-electron chi connectivity index (χ4n) is 1.05. The molecule has 2 aromatic rings. The van der Waals surface area contributed by atoms with E-state index in [0.717, 1.165) is 0 Å². The highest BCUT2D eigenvalue weighted by Crippen LogP contribution is 2.08. The zero-order valence-electron chi connectivity index (χ0n) is 7.93. The molecule has 4 N–H and O–H groups in total. The summed E-state index contributed by atoms with van der Waals surface area (Å²) in [6.45, 7) is 0. The summed E-state index contributed by atoms with van der Waals surface area (Å²) in [5.74, 6) is -0.0601. The average Bonchev–Trinajstić information content (AvgIpc) is 2.76. The van der Waals surface area contributed by atoms with Crippen LogP contribution in [0.5, 0.6) is 0 Å². The minimum absolute atomic E-state index is 0.206. The van der Waals surface area contributed by atoms with Crippen molar-refractivity contribution in [3.63, 3.8) is 0 Å². The third-order valence-electron chi connectivity index (χ3n) is 1.83. The Bertz CT molecular complexity index is 485. The van der Waals surface area contributed by atoms with Gasteiger partial charge < -0.3 is 5.73 Å². The predicted molar refractivity (Wildman–Crippen MR) is 52.0 cm³/mol. The van der Waals surface area contributed by atoms with Crippen LogP contribution < -0.4 is 11.1 Å². The van der Waals surface area contributed by atoms with Gasteiger partial charge in [0.25, 0.3) is 5.91 Å². The van der Waals surface area contributed by atoms with Gasteiger partial charge in [0.1, 0.15) is 12.0 Å². The van der Waals surface area contributed by atoms with E-state index in [-0.39, 0.29) is 11.4 Å². The summed E-state index contributed by atoms with van der Waals surface area (Å²) in [5, 5.41) is 12.5. The summed E-state index contributed by atoms with van der Waals surface area (Å²) in [4.78, 5) is 15.4. The smallest absolute Gasteiger partial charge is 0.278 e. The molecule has 78 valence electrons. The first-order chi connectivity index (χ1) is 7.18. The lowest BCUT2D eigenvalue weighted by Crippen LogP contribution is -2.17. The number of amides is 1. The van der Waals surface area contributed by atoms with E-state index < -0.39 is 5.91 Å². The second kappa shape index (κ2) is 3.40. The molecule has 8 heteroatoms. The highest BCUT2D eigenvalue weighted by Gasteiger charge is 2.13. The van der Waals surface area contributed by atoms with Crippen LogP contribution in [-0.2, 0) is 7.05 Å². The van der Waals surface area contributed by atoms with Gasteiger partial charge in [-0.25, -0.2) is 4.68 Å². The van der Waals surface area contributed by atoms with Crippen molar-refractivity contribution in [3.8, 4) is 0 Å². The van der Waals surface area contributed by atoms with Crippen molar-refractivity contribution >= 4 is 17.5 Å². The summed E-state index contributed by atoms with van der Waals surface area (Å²) < 4.78 is 1.43. The number of H-pyrrole nitrogens is 1. The molecule has 0 atom stereocenters. The Morgan fingerprint density at radius 2 is 2.47 bits per heavy atom. The third-order valence-corrected chi connectivity index (χ3v) is 1.83. The molecular weight excluding hydrogens is 198 g/mol. The number of carbonyl (C=O) groups excluding carboxylic acids is 1. The normalized spacial score (nSPS) is 10.2. The lowest BCUT2D eigenvalue weighted by Gasteiger charge is -2.01. The number of hydrogen-bond acceptors (Lipinski definition) is 5. The standard InChI is InChI=1S/C7H9N7O/c1-14-7(9-3-11-14)12-6(15)5-4(8)2-10-13-5/h2-3H,8H2,1H3,(H,10,13)(H,9,11,12,15). The van der Waals surface area contributed by atoms with Crippen molar-refractivity contribution in [3.05, 3.63) is 18.2 Å². The monoisotopic (exact) mass is 207 g/mol. The van der Waals surface area contributed by atoms with Gasteiger partial charge in [-0.05, 0) is 0 Å². The number of aryl methyl sites for hydroxylation is 1. The number of nitrogens with zero attached hydrogens (tertiary/aromatic N) is 4. The first-order valence-electron chi connectivity index (χ1n) is 4.12. The Balaban J connectivity index is 2.18. The summed E-state index contributed by atoms with van der Waals surface area (Å²) in [6.07, 6.45) is 2.71. The van der Waals surface area contributed by atoms with Crippen LogP contribution in [0.1, 0.15) is 10.5 Å². The van der Waals surface area contributed by atoms with Crippen LogP contribution in [0, 0.1) is 0 Å². The number of aromatic amines is 1. The zero-order chi connectivity index (χ0) is 10.8. The maximum Gasteiger partial charge on any atom is 0.278 e. The van der Waals surface area contributed by atoms with Gasteiger partial charge in [-0.15, -0.1) is 0 Å². The summed E-state index contributed by atoms with van der Waals surface area (Å²) in [7, 11) is 1.67. The predicted octanol–water partition coefficient (Wildman–Crippen LogP) is -0.627. The van der Waals surface area contributed by atoms with E-state index in [1.54, 1.807) is 7.05 Å². The first kappa shape index (κ1) is 9.19. The van der Waals surface area contributed by atoms with Gasteiger partial charge >= 0.3 is 0 Å². The Morgan fingerprint density at radius 1 is 1.67 bits per heavy atom. The minimum Gasteiger partial charge on any atom is -0.396 e. The molecule has 0 aliphatic heterocycles. The quantitative estimate of drug-likeness (QED) is 0.606. The molecule has 0 spiro atoms. The highest BCUT2D eigenvalue weighted by molar-refractivity contribution is 6.05. The molecule has 0 aromatic carbocycles. The SMILES string of the molecule is Cn1ncnc1NC(=O)c1[nH]ncc1N. The molecule has 0 aliphatic rings. The van der Waals surface area contributed by atoms with Crippen molar-refractivity contribution < 1.29 is 4.79 Å². The van der Waals surface area contributed by atoms with Crippen LogP contribution in [0.2, 0.25) is 0 Å². The fraction of sp³-hybridized carbons (Fsp3) is 0.143. The van der Waals surface area contributed by atoms with Crippen LogP contribution in [0.4, 0.5) is 11.6 Å². The van der Waals surface area contributed by atoms with Crippen molar-refractivity contribution in [2.75, 3.05) is 11.1 Å². The second-order valence-corrected chi connectivity index (χ2v) is 2.86. The molecule has 2 aromatic heterocycles. The largest absolute Gasteiger partial charge is 0.396 e. The Labute approximate surface area is 84.5 Å². The van der Waals surface area contributed by atoms with Gasteiger partial charge in [0.15, 0.2) is 0 Å². The van der Waals surface area contributed by atoms with Gasteiger partial charge in [0.2, 0.25) is 5.95 Å². The van der Waals surface area contributed by atoms with Crippen molar-refractivity contribution in [1.29, 1.82) is 0 Å². The average molecular weight is 207 g/mol. The number of anilines is 2. The van der Waals surface area contributed by atoms with Gasteiger partial charge in [0, 0.05) is 7.05 Å². The van der Waals surface area contributed by atoms with E-state index in [4.69, 9.17) is 5.73 Å². The van der Waals surface area contributed by atoms with E-state index in [9.17, 15) is 4.79 Å². The van der Waals surface area contributed by atoms with E-state index in [0.29, 0.717) is 5.95 Å². The zero-order valence-corrected chi connectivity index (χ0v) is 7.93. The number of aromatic nitrogens is 5. The van der Waals surface area contributed by atoms with Gasteiger partial charge in [0.05, 0.1) is 11.9 Å². The summed E-state index contributed by atoms with van der Waals surface area (Å²) in [6, 6.07) is 0. The first-order valence-corrected chi connectivity index (χ1v) is 4.12. The van der Waals surface area contributed by atoms with E-state index in [2.05, 4.69) is 25.6 Å². The number of rotatable bonds is 2. The molecule has 1 amide bonds. The van der Waals surface area contributed by atoms with Crippen LogP contribution in [0.25, 0.3) is 0 Å². The number of carbonyl (C=O) groups is 1. The van der Waals surface area contributed by atoms with E-state index in [1.807, 2.05) is 0 Å². The fourth-order valence-corrected chi connectivity index (χ4v) is 1.05. The van der Waals surface area contributed by atoms with Gasteiger partial charge in [-0.3, -0.25) is 15.2 Å².